The van der Waals surface area contributed by atoms with Gasteiger partial charge in [-0.2, -0.15) is 5.11 Å². The van der Waals surface area contributed by atoms with Crippen LogP contribution in [0.3, 0.4) is 0 Å². The molecule has 13 heteroatoms. The van der Waals surface area contributed by atoms with Crippen molar-refractivity contribution in [2.45, 2.75) is 9.79 Å². The zero-order chi connectivity index (χ0) is 22.9. The molecule has 0 saturated heterocycles. The van der Waals surface area contributed by atoms with Crippen LogP contribution in [0.2, 0.25) is 0 Å². The number of fused-ring (bicyclic) bond motifs is 1. The summed E-state index contributed by atoms with van der Waals surface area (Å²) < 4.78 is 53.5. The van der Waals surface area contributed by atoms with Crippen molar-refractivity contribution >= 4 is 36.8 Å². The summed E-state index contributed by atoms with van der Waals surface area (Å²) in [5.74, 6) is -0.0270. The topological polar surface area (TPSA) is 182 Å². The number of primary sulfonamides is 1. The van der Waals surface area contributed by atoms with Gasteiger partial charge in [-0.3, -0.25) is 4.98 Å². The van der Waals surface area contributed by atoms with E-state index in [4.69, 9.17) is 10.9 Å². The van der Waals surface area contributed by atoms with Crippen LogP contribution < -0.4 is 15.6 Å². The SMILES string of the molecule is NCCNS(=O)(=O)c1ccc(-c2cccc3ncccc23)c(C2=NCN=N2)c1S(N)(=O)=O. The molecule has 2 aromatic carbocycles. The maximum absolute atomic E-state index is 12.9. The number of azo groups is 1. The van der Waals surface area contributed by atoms with E-state index >= 15 is 0 Å². The number of hydrogen-bond donors (Lipinski definition) is 3. The molecule has 0 saturated carbocycles. The Morgan fingerprint density at radius 1 is 1.00 bits per heavy atom. The minimum absolute atomic E-state index is 0.0155. The predicted molar refractivity (Wildman–Crippen MR) is 119 cm³/mol. The number of nitrogens with one attached hydrogen (secondary N) is 1. The number of amidine groups is 1. The van der Waals surface area contributed by atoms with Crippen LogP contribution in [-0.4, -0.2) is 47.4 Å². The molecule has 166 valence electrons. The van der Waals surface area contributed by atoms with Crippen LogP contribution in [0.4, 0.5) is 0 Å². The summed E-state index contributed by atoms with van der Waals surface area (Å²) in [4.78, 5) is 7.34. The van der Waals surface area contributed by atoms with E-state index in [1.165, 1.54) is 12.1 Å². The van der Waals surface area contributed by atoms with Gasteiger partial charge in [-0.05, 0) is 29.3 Å². The van der Waals surface area contributed by atoms with Crippen LogP contribution >= 0.6 is 0 Å². The summed E-state index contributed by atoms with van der Waals surface area (Å²) in [5, 5.41) is 14.0. The molecule has 0 fully saturated rings. The molecule has 0 aliphatic carbocycles. The van der Waals surface area contributed by atoms with Crippen molar-refractivity contribution in [2.75, 3.05) is 19.8 Å². The molecular formula is C19H19N7O4S2. The summed E-state index contributed by atoms with van der Waals surface area (Å²) >= 11 is 0. The molecule has 0 atom stereocenters. The fourth-order valence-corrected chi connectivity index (χ4v) is 6.12. The van der Waals surface area contributed by atoms with Crippen LogP contribution in [-0.2, 0) is 20.0 Å². The highest BCUT2D eigenvalue weighted by molar-refractivity contribution is 7.92. The van der Waals surface area contributed by atoms with Crippen LogP contribution in [0.15, 0.2) is 73.7 Å². The molecule has 0 amide bonds. The van der Waals surface area contributed by atoms with Gasteiger partial charge in [-0.1, -0.05) is 24.3 Å². The van der Waals surface area contributed by atoms with Crippen molar-refractivity contribution in [3.63, 3.8) is 0 Å². The van der Waals surface area contributed by atoms with Crippen LogP contribution in [0.25, 0.3) is 22.0 Å². The highest BCUT2D eigenvalue weighted by atomic mass is 32.2. The summed E-state index contributed by atoms with van der Waals surface area (Å²) in [6.45, 7) is -0.0732. The van der Waals surface area contributed by atoms with E-state index in [0.29, 0.717) is 16.6 Å². The first-order valence-electron chi connectivity index (χ1n) is 9.40. The third-order valence-corrected chi connectivity index (χ3v) is 7.37. The zero-order valence-electron chi connectivity index (χ0n) is 16.6. The molecule has 3 aromatic rings. The number of rotatable bonds is 7. The fourth-order valence-electron chi connectivity index (χ4n) is 3.47. The van der Waals surface area contributed by atoms with Gasteiger partial charge in [0.05, 0.1) is 11.1 Å². The molecule has 11 nitrogen and oxygen atoms in total. The molecule has 0 bridgehead atoms. The summed E-state index contributed by atoms with van der Waals surface area (Å²) in [6.07, 6.45) is 1.64. The number of nitrogens with zero attached hydrogens (tertiary/aromatic N) is 4. The molecule has 0 radical (unpaired) electrons. The lowest BCUT2D eigenvalue weighted by Gasteiger charge is -2.18. The first-order valence-corrected chi connectivity index (χ1v) is 12.4. The average Bonchev–Trinajstić information content (AvgIpc) is 3.30. The van der Waals surface area contributed by atoms with Gasteiger partial charge in [0.1, 0.15) is 9.79 Å². The first-order chi connectivity index (χ1) is 15.2. The van der Waals surface area contributed by atoms with Crippen molar-refractivity contribution in [3.05, 3.63) is 54.2 Å². The standard InChI is InChI=1S/C19H19N7O4S2/c20-8-10-25-32(29,30)16-7-6-14(12-3-1-5-15-13(12)4-2-9-22-15)17(18(16)31(21,27)28)19-23-11-24-26-19/h1-7,9,25H,8,10-11,20H2,(H2,21,27,28). The smallest absolute Gasteiger partial charge is 0.241 e. The molecule has 2 heterocycles. The van der Waals surface area contributed by atoms with Crippen molar-refractivity contribution in [2.24, 2.45) is 26.1 Å². The number of aromatic nitrogens is 1. The summed E-state index contributed by atoms with van der Waals surface area (Å²) in [7, 11) is -8.80. The second-order valence-corrected chi connectivity index (χ2v) is 10.0. The van der Waals surface area contributed by atoms with Gasteiger partial charge in [0.15, 0.2) is 12.5 Å². The van der Waals surface area contributed by atoms with Gasteiger partial charge >= 0.3 is 0 Å². The number of benzene rings is 2. The van der Waals surface area contributed by atoms with Gasteiger partial charge in [0.25, 0.3) is 0 Å². The Kier molecular flexibility index (Phi) is 5.83. The van der Waals surface area contributed by atoms with Crippen molar-refractivity contribution in [1.29, 1.82) is 0 Å². The van der Waals surface area contributed by atoms with E-state index in [1.54, 1.807) is 30.5 Å². The molecule has 1 aromatic heterocycles. The average molecular weight is 474 g/mol. The molecule has 5 N–H and O–H groups in total. The number of sulfonamides is 2. The van der Waals surface area contributed by atoms with Gasteiger partial charge in [-0.15, -0.1) is 5.11 Å². The predicted octanol–water partition coefficient (Wildman–Crippen LogP) is 0.956. The largest absolute Gasteiger partial charge is 0.329 e. The Bertz CT molecular complexity index is 1480. The van der Waals surface area contributed by atoms with Gasteiger partial charge < -0.3 is 5.73 Å². The summed E-state index contributed by atoms with van der Waals surface area (Å²) in [5.41, 5.74) is 7.02. The number of aliphatic imine (C=N–C) groups is 1. The molecule has 1 aliphatic heterocycles. The second kappa shape index (κ2) is 8.44. The molecule has 4 rings (SSSR count). The van der Waals surface area contributed by atoms with Gasteiger partial charge in [-0.25, -0.2) is 31.7 Å². The van der Waals surface area contributed by atoms with Crippen LogP contribution in [0.1, 0.15) is 5.56 Å². The monoisotopic (exact) mass is 473 g/mol. The number of pyridine rings is 1. The first kappa shape index (κ1) is 22.1. The minimum Gasteiger partial charge on any atom is -0.329 e. The Hall–Kier alpha value is -3.10. The molecular weight excluding hydrogens is 454 g/mol. The highest BCUT2D eigenvalue weighted by Crippen LogP contribution is 2.37. The lowest BCUT2D eigenvalue weighted by Crippen LogP contribution is -2.31. The maximum atomic E-state index is 12.9. The quantitative estimate of drug-likeness (QED) is 0.459. The summed E-state index contributed by atoms with van der Waals surface area (Å²) in [6, 6.07) is 11.6. The van der Waals surface area contributed by atoms with Crippen molar-refractivity contribution in [1.82, 2.24) is 9.71 Å². The minimum atomic E-state index is -4.54. The van der Waals surface area contributed by atoms with E-state index in [1.807, 2.05) is 6.07 Å². The van der Waals surface area contributed by atoms with Gasteiger partial charge in [0.2, 0.25) is 20.0 Å². The van der Waals surface area contributed by atoms with Crippen molar-refractivity contribution in [3.8, 4) is 11.1 Å². The third kappa shape index (κ3) is 4.03. The molecule has 1 aliphatic rings. The lowest BCUT2D eigenvalue weighted by atomic mass is 9.95. The van der Waals surface area contributed by atoms with Crippen LogP contribution in [0, 0.1) is 0 Å². The third-order valence-electron chi connectivity index (χ3n) is 4.74. The Balaban J connectivity index is 2.12. The normalized spacial score (nSPS) is 14.1. The molecule has 32 heavy (non-hydrogen) atoms. The Morgan fingerprint density at radius 2 is 1.81 bits per heavy atom. The van der Waals surface area contributed by atoms with E-state index < -0.39 is 29.8 Å². The molecule has 0 unspecified atom stereocenters. The Labute approximate surface area is 184 Å². The fraction of sp³-hybridized carbons (Fsp3) is 0.158. The number of hydrogen-bond acceptors (Lipinski definition) is 9. The van der Waals surface area contributed by atoms with E-state index in [9.17, 15) is 16.8 Å². The van der Waals surface area contributed by atoms with E-state index in [-0.39, 0.29) is 31.2 Å². The zero-order valence-corrected chi connectivity index (χ0v) is 18.3. The van der Waals surface area contributed by atoms with E-state index in [0.717, 1.165) is 5.39 Å². The number of nitrogens with two attached hydrogens (primary N) is 2. The highest BCUT2D eigenvalue weighted by Gasteiger charge is 2.32. The Morgan fingerprint density at radius 3 is 2.50 bits per heavy atom. The second-order valence-electron chi connectivity index (χ2n) is 6.79. The van der Waals surface area contributed by atoms with Gasteiger partial charge in [0, 0.05) is 24.7 Å². The van der Waals surface area contributed by atoms with Crippen molar-refractivity contribution < 1.29 is 16.8 Å². The molecule has 0 spiro atoms. The maximum Gasteiger partial charge on any atom is 0.241 e. The van der Waals surface area contributed by atoms with Crippen LogP contribution in [0.5, 0.6) is 0 Å². The lowest BCUT2D eigenvalue weighted by molar-refractivity contribution is 0.573. The van der Waals surface area contributed by atoms with E-state index in [2.05, 4.69) is 24.9 Å².